The van der Waals surface area contributed by atoms with Gasteiger partial charge in [0.2, 0.25) is 0 Å². The highest BCUT2D eigenvalue weighted by molar-refractivity contribution is 5.69. The number of benzene rings is 2. The van der Waals surface area contributed by atoms with Gasteiger partial charge < -0.3 is 0 Å². The van der Waals surface area contributed by atoms with Gasteiger partial charge in [-0.05, 0) is 11.1 Å². The lowest BCUT2D eigenvalue weighted by Crippen LogP contribution is -1.70. The SMILES string of the molecule is C(=Cc1ccccc1)c1ccccc1.N#CC#N. The van der Waals surface area contributed by atoms with Crippen molar-refractivity contribution in [1.82, 2.24) is 0 Å². The van der Waals surface area contributed by atoms with E-state index in [0.717, 1.165) is 0 Å². The first-order chi connectivity index (χ1) is 8.86. The van der Waals surface area contributed by atoms with Crippen LogP contribution in [-0.2, 0) is 0 Å². The number of nitrogens with zero attached hydrogens (tertiary/aromatic N) is 2. The lowest BCUT2D eigenvalue weighted by Gasteiger charge is -1.92. The predicted molar refractivity (Wildman–Crippen MR) is 73.0 cm³/mol. The summed E-state index contributed by atoms with van der Waals surface area (Å²) in [5.41, 5.74) is 2.47. The summed E-state index contributed by atoms with van der Waals surface area (Å²) in [5, 5.41) is 14.5. The highest BCUT2D eigenvalue weighted by Gasteiger charge is 1.84. The molecule has 2 aromatic carbocycles. The Hall–Kier alpha value is -2.84. The smallest absolute Gasteiger partial charge is 0.181 e. The van der Waals surface area contributed by atoms with Gasteiger partial charge in [0.15, 0.2) is 12.1 Å². The Bertz CT molecular complexity index is 504. The average Bonchev–Trinajstić information content (AvgIpc) is 2.47. The Labute approximate surface area is 107 Å². The minimum atomic E-state index is 1.23. The molecule has 0 bridgehead atoms. The molecule has 2 rings (SSSR count). The monoisotopic (exact) mass is 232 g/mol. The third-order valence-electron chi connectivity index (χ3n) is 2.12. The van der Waals surface area contributed by atoms with Gasteiger partial charge in [0, 0.05) is 0 Å². The second kappa shape index (κ2) is 8.33. The molecule has 0 amide bonds. The van der Waals surface area contributed by atoms with Gasteiger partial charge in [-0.15, -0.1) is 0 Å². The van der Waals surface area contributed by atoms with E-state index >= 15 is 0 Å². The molecule has 0 heterocycles. The summed E-state index contributed by atoms with van der Waals surface area (Å²) in [6, 6.07) is 23.1. The molecule has 0 N–H and O–H groups in total. The van der Waals surface area contributed by atoms with Crippen LogP contribution >= 0.6 is 0 Å². The van der Waals surface area contributed by atoms with Gasteiger partial charge in [-0.1, -0.05) is 72.8 Å². The molecule has 0 saturated carbocycles. The first kappa shape index (κ1) is 13.2. The zero-order valence-electron chi connectivity index (χ0n) is 9.82. The number of nitriles is 2. The van der Waals surface area contributed by atoms with Crippen LogP contribution in [0, 0.1) is 22.7 Å². The van der Waals surface area contributed by atoms with Crippen LogP contribution < -0.4 is 0 Å². The molecular weight excluding hydrogens is 220 g/mol. The van der Waals surface area contributed by atoms with Crippen LogP contribution in [0.15, 0.2) is 60.7 Å². The van der Waals surface area contributed by atoms with E-state index in [4.69, 9.17) is 10.5 Å². The van der Waals surface area contributed by atoms with Crippen LogP contribution in [0.25, 0.3) is 12.2 Å². The van der Waals surface area contributed by atoms with Crippen LogP contribution in [0.2, 0.25) is 0 Å². The van der Waals surface area contributed by atoms with Gasteiger partial charge in [-0.3, -0.25) is 0 Å². The minimum Gasteiger partial charge on any atom is -0.181 e. The van der Waals surface area contributed by atoms with E-state index in [1.54, 1.807) is 0 Å². The van der Waals surface area contributed by atoms with Gasteiger partial charge in [0.05, 0.1) is 0 Å². The van der Waals surface area contributed by atoms with E-state index in [1.807, 2.05) is 36.4 Å². The molecule has 0 spiro atoms. The third-order valence-corrected chi connectivity index (χ3v) is 2.12. The maximum Gasteiger partial charge on any atom is 0.181 e. The first-order valence-corrected chi connectivity index (χ1v) is 5.43. The summed E-state index contributed by atoms with van der Waals surface area (Å²) in [7, 11) is 0. The fourth-order valence-corrected chi connectivity index (χ4v) is 1.32. The largest absolute Gasteiger partial charge is 0.181 e. The van der Waals surface area contributed by atoms with Crippen LogP contribution in [-0.4, -0.2) is 0 Å². The van der Waals surface area contributed by atoms with Gasteiger partial charge in [0.1, 0.15) is 0 Å². The summed E-state index contributed by atoms with van der Waals surface area (Å²) in [4.78, 5) is 0. The molecule has 0 saturated heterocycles. The fraction of sp³-hybridized carbons (Fsp3) is 0. The maximum atomic E-state index is 7.26. The molecule has 2 aromatic rings. The van der Waals surface area contributed by atoms with Crippen molar-refractivity contribution in [3.05, 3.63) is 71.8 Å². The Morgan fingerprint density at radius 2 is 0.944 bits per heavy atom. The van der Waals surface area contributed by atoms with Crippen molar-refractivity contribution >= 4 is 12.2 Å². The van der Waals surface area contributed by atoms with Gasteiger partial charge in [-0.2, -0.15) is 10.5 Å². The Morgan fingerprint density at radius 3 is 1.22 bits per heavy atom. The van der Waals surface area contributed by atoms with Crippen LogP contribution in [0.5, 0.6) is 0 Å². The number of rotatable bonds is 2. The molecule has 18 heavy (non-hydrogen) atoms. The van der Waals surface area contributed by atoms with Crippen LogP contribution in [0.1, 0.15) is 11.1 Å². The second-order valence-electron chi connectivity index (χ2n) is 3.38. The summed E-state index contributed by atoms with van der Waals surface area (Å²) in [5.74, 6) is 0. The van der Waals surface area contributed by atoms with Gasteiger partial charge in [-0.25, -0.2) is 0 Å². The normalized spacial score (nSPS) is 8.78. The first-order valence-electron chi connectivity index (χ1n) is 5.43. The maximum absolute atomic E-state index is 7.26. The van der Waals surface area contributed by atoms with Crippen molar-refractivity contribution in [2.45, 2.75) is 0 Å². The van der Waals surface area contributed by atoms with E-state index in [-0.39, 0.29) is 0 Å². The molecule has 0 fully saturated rings. The molecule has 0 aliphatic heterocycles. The molecule has 0 aliphatic carbocycles. The molecule has 2 heteroatoms. The molecule has 0 atom stereocenters. The fourth-order valence-electron chi connectivity index (χ4n) is 1.32. The van der Waals surface area contributed by atoms with Crippen molar-refractivity contribution in [2.24, 2.45) is 0 Å². The molecule has 0 unspecified atom stereocenters. The zero-order chi connectivity index (χ0) is 13.1. The lowest BCUT2D eigenvalue weighted by atomic mass is 10.1. The Morgan fingerprint density at radius 1 is 0.611 bits per heavy atom. The lowest BCUT2D eigenvalue weighted by molar-refractivity contribution is 1.49. The Balaban J connectivity index is 0.000000357. The van der Waals surface area contributed by atoms with Crippen molar-refractivity contribution in [2.75, 3.05) is 0 Å². The average molecular weight is 232 g/mol. The summed E-state index contributed by atoms with van der Waals surface area (Å²) in [6.45, 7) is 0. The molecule has 0 radical (unpaired) electrons. The minimum absolute atomic E-state index is 1.23. The highest BCUT2D eigenvalue weighted by Crippen LogP contribution is 2.06. The standard InChI is InChI=1S/C14H12.C2N2/c1-3-7-13(8-4-1)11-12-14-9-5-2-6-10-14;3-1-2-4/h1-12H;. The summed E-state index contributed by atoms with van der Waals surface area (Å²) >= 11 is 0. The predicted octanol–water partition coefficient (Wildman–Crippen LogP) is 3.89. The summed E-state index contributed by atoms with van der Waals surface area (Å²) < 4.78 is 0. The van der Waals surface area contributed by atoms with E-state index in [1.165, 1.54) is 23.3 Å². The topological polar surface area (TPSA) is 47.6 Å². The second-order valence-corrected chi connectivity index (χ2v) is 3.38. The van der Waals surface area contributed by atoms with Crippen LogP contribution in [0.3, 0.4) is 0 Å². The molecular formula is C16H12N2. The summed E-state index contributed by atoms with van der Waals surface area (Å²) in [6.07, 6.45) is 4.24. The number of hydrogen-bond acceptors (Lipinski definition) is 2. The van der Waals surface area contributed by atoms with E-state index in [0.29, 0.717) is 0 Å². The van der Waals surface area contributed by atoms with Crippen molar-refractivity contribution in [3.63, 3.8) is 0 Å². The third kappa shape index (κ3) is 5.30. The van der Waals surface area contributed by atoms with Gasteiger partial charge >= 0.3 is 0 Å². The quantitative estimate of drug-likeness (QED) is 0.737. The van der Waals surface area contributed by atoms with E-state index < -0.39 is 0 Å². The zero-order valence-corrected chi connectivity index (χ0v) is 9.82. The van der Waals surface area contributed by atoms with Crippen molar-refractivity contribution in [1.29, 1.82) is 10.5 Å². The molecule has 2 nitrogen and oxygen atoms in total. The highest BCUT2D eigenvalue weighted by atomic mass is 14.3. The molecule has 0 aliphatic rings. The van der Waals surface area contributed by atoms with Crippen LogP contribution in [0.4, 0.5) is 0 Å². The van der Waals surface area contributed by atoms with Gasteiger partial charge in [0.25, 0.3) is 0 Å². The molecule has 0 aromatic heterocycles. The number of hydrogen-bond donors (Lipinski definition) is 0. The Kier molecular flexibility index (Phi) is 6.12. The van der Waals surface area contributed by atoms with Crippen molar-refractivity contribution < 1.29 is 0 Å². The van der Waals surface area contributed by atoms with E-state index in [9.17, 15) is 0 Å². The van der Waals surface area contributed by atoms with Crippen molar-refractivity contribution in [3.8, 4) is 12.1 Å². The van der Waals surface area contributed by atoms with E-state index in [2.05, 4.69) is 36.4 Å². The molecule has 86 valence electrons.